The van der Waals surface area contributed by atoms with Crippen LogP contribution in [0.15, 0.2) is 53.9 Å². The Balaban J connectivity index is 1.50. The Bertz CT molecular complexity index is 1460. The number of aromatic nitrogens is 3. The van der Waals surface area contributed by atoms with Crippen molar-refractivity contribution in [3.8, 4) is 16.9 Å². The number of anilines is 1. The lowest BCUT2D eigenvalue weighted by Crippen LogP contribution is -2.09. The van der Waals surface area contributed by atoms with E-state index in [1.165, 1.54) is 12.3 Å². The number of fused-ring (bicyclic) bond motifs is 2. The first-order valence-corrected chi connectivity index (χ1v) is 12.0. The zero-order valence-electron chi connectivity index (χ0n) is 17.6. The SMILES string of the molecule is Cc1cc(S(C)(=O)=O)ccc1-c1cnc(NCc2c(F)ccc3c2CCO3)n2cncc12. The van der Waals surface area contributed by atoms with E-state index in [1.807, 2.05) is 6.92 Å². The summed E-state index contributed by atoms with van der Waals surface area (Å²) in [5, 5.41) is 3.22. The van der Waals surface area contributed by atoms with Crippen molar-refractivity contribution in [2.24, 2.45) is 0 Å². The van der Waals surface area contributed by atoms with Gasteiger partial charge in [-0.3, -0.25) is 4.40 Å². The summed E-state index contributed by atoms with van der Waals surface area (Å²) in [6.07, 6.45) is 6.95. The van der Waals surface area contributed by atoms with E-state index in [4.69, 9.17) is 4.74 Å². The predicted molar refractivity (Wildman–Crippen MR) is 119 cm³/mol. The van der Waals surface area contributed by atoms with Gasteiger partial charge in [-0.1, -0.05) is 6.07 Å². The number of hydrogen-bond acceptors (Lipinski definition) is 6. The Morgan fingerprint density at radius 2 is 2.03 bits per heavy atom. The number of benzene rings is 2. The molecule has 0 bridgehead atoms. The Labute approximate surface area is 184 Å². The molecule has 2 aromatic carbocycles. The lowest BCUT2D eigenvalue weighted by atomic mass is 10.0. The van der Waals surface area contributed by atoms with E-state index in [0.717, 1.165) is 33.5 Å². The first-order valence-electron chi connectivity index (χ1n) is 10.1. The van der Waals surface area contributed by atoms with Crippen LogP contribution in [-0.4, -0.2) is 35.6 Å². The van der Waals surface area contributed by atoms with E-state index in [2.05, 4.69) is 15.3 Å². The second-order valence-electron chi connectivity index (χ2n) is 7.85. The summed E-state index contributed by atoms with van der Waals surface area (Å²) in [7, 11) is -3.29. The molecule has 0 amide bonds. The number of nitrogens with zero attached hydrogens (tertiary/aromatic N) is 3. The fraction of sp³-hybridized carbons (Fsp3) is 0.217. The van der Waals surface area contributed by atoms with Crippen LogP contribution in [0.5, 0.6) is 5.75 Å². The van der Waals surface area contributed by atoms with Crippen molar-refractivity contribution >= 4 is 21.3 Å². The monoisotopic (exact) mass is 452 g/mol. The molecule has 0 unspecified atom stereocenters. The van der Waals surface area contributed by atoms with Crippen molar-refractivity contribution in [2.75, 3.05) is 18.2 Å². The minimum Gasteiger partial charge on any atom is -0.493 e. The van der Waals surface area contributed by atoms with E-state index in [1.54, 1.807) is 47.4 Å². The Kier molecular flexibility index (Phi) is 4.85. The van der Waals surface area contributed by atoms with Crippen molar-refractivity contribution in [1.82, 2.24) is 14.4 Å². The highest BCUT2D eigenvalue weighted by Gasteiger charge is 2.20. The van der Waals surface area contributed by atoms with Gasteiger partial charge in [0.1, 0.15) is 17.9 Å². The highest BCUT2D eigenvalue weighted by atomic mass is 32.2. The van der Waals surface area contributed by atoms with Crippen LogP contribution < -0.4 is 10.1 Å². The van der Waals surface area contributed by atoms with Crippen LogP contribution in [0, 0.1) is 12.7 Å². The van der Waals surface area contributed by atoms with Gasteiger partial charge in [-0.25, -0.2) is 22.8 Å². The van der Waals surface area contributed by atoms with Crippen LogP contribution in [0.2, 0.25) is 0 Å². The summed E-state index contributed by atoms with van der Waals surface area (Å²) in [5.41, 5.74) is 4.78. The van der Waals surface area contributed by atoms with Crippen LogP contribution >= 0.6 is 0 Å². The lowest BCUT2D eigenvalue weighted by molar-refractivity contribution is 0.356. The van der Waals surface area contributed by atoms with E-state index < -0.39 is 9.84 Å². The summed E-state index contributed by atoms with van der Waals surface area (Å²) in [4.78, 5) is 9.08. The Hall–Kier alpha value is -3.46. The van der Waals surface area contributed by atoms with Crippen LogP contribution in [-0.2, 0) is 22.8 Å². The normalized spacial score (nSPS) is 13.2. The van der Waals surface area contributed by atoms with E-state index in [9.17, 15) is 12.8 Å². The second kappa shape index (κ2) is 7.59. The van der Waals surface area contributed by atoms with Gasteiger partial charge in [0, 0.05) is 42.1 Å². The van der Waals surface area contributed by atoms with Gasteiger partial charge >= 0.3 is 0 Å². The molecular weight excluding hydrogens is 431 g/mol. The molecule has 4 aromatic rings. The van der Waals surface area contributed by atoms with Crippen LogP contribution in [0.1, 0.15) is 16.7 Å². The van der Waals surface area contributed by atoms with Crippen molar-refractivity contribution in [3.05, 3.63) is 71.6 Å². The molecule has 1 aliphatic heterocycles. The molecule has 1 aliphatic rings. The fourth-order valence-electron chi connectivity index (χ4n) is 4.10. The molecule has 0 saturated heterocycles. The molecule has 2 aromatic heterocycles. The second-order valence-corrected chi connectivity index (χ2v) is 9.86. The summed E-state index contributed by atoms with van der Waals surface area (Å²) < 4.78 is 45.5. The van der Waals surface area contributed by atoms with Crippen molar-refractivity contribution in [2.45, 2.75) is 24.8 Å². The molecule has 164 valence electrons. The third-order valence-corrected chi connectivity index (χ3v) is 6.85. The molecule has 0 atom stereocenters. The number of halogens is 1. The van der Waals surface area contributed by atoms with E-state index in [-0.39, 0.29) is 17.3 Å². The maximum atomic E-state index is 14.5. The molecule has 9 heteroatoms. The molecule has 0 fully saturated rings. The predicted octanol–water partition coefficient (Wildman–Crippen LogP) is 3.79. The highest BCUT2D eigenvalue weighted by molar-refractivity contribution is 7.90. The number of ether oxygens (including phenoxy) is 1. The molecular formula is C23H21FN4O3S. The van der Waals surface area contributed by atoms with Gasteiger partial charge in [-0.15, -0.1) is 0 Å². The smallest absolute Gasteiger partial charge is 0.208 e. The minimum atomic E-state index is -3.29. The van der Waals surface area contributed by atoms with Gasteiger partial charge in [0.05, 0.1) is 23.2 Å². The third kappa shape index (κ3) is 3.48. The number of nitrogens with one attached hydrogen (secondary N) is 1. The van der Waals surface area contributed by atoms with Crippen LogP contribution in [0.25, 0.3) is 16.6 Å². The highest BCUT2D eigenvalue weighted by Crippen LogP contribution is 2.32. The van der Waals surface area contributed by atoms with Crippen molar-refractivity contribution < 1.29 is 17.5 Å². The number of hydrogen-bond donors (Lipinski definition) is 1. The van der Waals surface area contributed by atoms with Gasteiger partial charge < -0.3 is 10.1 Å². The molecule has 3 heterocycles. The standard InChI is InChI=1S/C23H21FN4O3S/c1-14-9-15(32(2,29)30)3-4-16(14)19-11-27-23(28-13-25-12-21(19)28)26-10-18-17-7-8-31-22(17)6-5-20(18)24/h3-6,9,11-13H,7-8,10H2,1-2H3,(H,26,27). The van der Waals surface area contributed by atoms with E-state index in [0.29, 0.717) is 24.5 Å². The van der Waals surface area contributed by atoms with Gasteiger partial charge in [-0.2, -0.15) is 0 Å². The summed E-state index contributed by atoms with van der Waals surface area (Å²) in [6.45, 7) is 2.69. The fourth-order valence-corrected chi connectivity index (χ4v) is 4.80. The molecule has 0 spiro atoms. The van der Waals surface area contributed by atoms with E-state index >= 15 is 0 Å². The first-order chi connectivity index (χ1) is 15.3. The molecule has 32 heavy (non-hydrogen) atoms. The maximum Gasteiger partial charge on any atom is 0.208 e. The molecule has 0 saturated carbocycles. The Morgan fingerprint density at radius 3 is 2.81 bits per heavy atom. The average molecular weight is 453 g/mol. The molecule has 7 nitrogen and oxygen atoms in total. The Morgan fingerprint density at radius 1 is 1.19 bits per heavy atom. The third-order valence-electron chi connectivity index (χ3n) is 5.74. The topological polar surface area (TPSA) is 85.6 Å². The lowest BCUT2D eigenvalue weighted by Gasteiger charge is -2.14. The summed E-state index contributed by atoms with van der Waals surface area (Å²) >= 11 is 0. The first kappa shape index (κ1) is 20.4. The van der Waals surface area contributed by atoms with Gasteiger partial charge in [-0.05, 0) is 42.3 Å². The summed E-state index contributed by atoms with van der Waals surface area (Å²) in [6, 6.07) is 8.13. The number of sulfone groups is 1. The molecule has 0 aliphatic carbocycles. The zero-order valence-corrected chi connectivity index (χ0v) is 18.4. The zero-order chi connectivity index (χ0) is 22.5. The largest absolute Gasteiger partial charge is 0.493 e. The van der Waals surface area contributed by atoms with Gasteiger partial charge in [0.2, 0.25) is 5.95 Å². The molecule has 5 rings (SSSR count). The van der Waals surface area contributed by atoms with Crippen LogP contribution in [0.4, 0.5) is 10.3 Å². The molecule has 1 N–H and O–H groups in total. The van der Waals surface area contributed by atoms with Gasteiger partial charge in [0.15, 0.2) is 9.84 Å². The average Bonchev–Trinajstić information content (AvgIpc) is 3.42. The quantitative estimate of drug-likeness (QED) is 0.496. The number of rotatable bonds is 5. The van der Waals surface area contributed by atoms with Crippen molar-refractivity contribution in [3.63, 3.8) is 0 Å². The van der Waals surface area contributed by atoms with Crippen molar-refractivity contribution in [1.29, 1.82) is 0 Å². The molecule has 0 radical (unpaired) electrons. The summed E-state index contributed by atoms with van der Waals surface area (Å²) in [5.74, 6) is 0.983. The number of aryl methyl sites for hydroxylation is 1. The maximum absolute atomic E-state index is 14.5. The number of imidazole rings is 1. The minimum absolute atomic E-state index is 0.264. The van der Waals surface area contributed by atoms with Crippen LogP contribution in [0.3, 0.4) is 0 Å². The van der Waals surface area contributed by atoms with Gasteiger partial charge in [0.25, 0.3) is 0 Å².